The minimum atomic E-state index is -0.107. The van der Waals surface area contributed by atoms with Crippen molar-refractivity contribution in [1.82, 2.24) is 4.90 Å². The maximum Gasteiger partial charge on any atom is 0.231 e. The molecule has 3 heterocycles. The van der Waals surface area contributed by atoms with Crippen molar-refractivity contribution in [2.75, 3.05) is 40.7 Å². The maximum atomic E-state index is 13.2. The van der Waals surface area contributed by atoms with Crippen molar-refractivity contribution in [2.24, 2.45) is 0 Å². The summed E-state index contributed by atoms with van der Waals surface area (Å²) in [5.41, 5.74) is 2.77. The van der Waals surface area contributed by atoms with Crippen LogP contribution in [0.5, 0.6) is 28.7 Å². The van der Waals surface area contributed by atoms with Gasteiger partial charge in [0.05, 0.1) is 7.11 Å². The summed E-state index contributed by atoms with van der Waals surface area (Å²) in [5.74, 6) is 3.36. The van der Waals surface area contributed by atoms with E-state index in [-0.39, 0.29) is 18.6 Å². The number of hydrogen-bond donors (Lipinski definition) is 0. The van der Waals surface area contributed by atoms with Gasteiger partial charge in [-0.25, -0.2) is 0 Å². The Hall–Kier alpha value is -2.93. The summed E-state index contributed by atoms with van der Waals surface area (Å²) < 4.78 is 28.1. The second-order valence-corrected chi connectivity index (χ2v) is 7.45. The molecule has 1 atom stereocenters. The van der Waals surface area contributed by atoms with Crippen molar-refractivity contribution in [1.29, 1.82) is 0 Å². The summed E-state index contributed by atoms with van der Waals surface area (Å²) in [6, 6.07) is 7.30. The van der Waals surface area contributed by atoms with Crippen molar-refractivity contribution in [3.05, 3.63) is 41.0 Å². The first kappa shape index (κ1) is 18.1. The highest BCUT2D eigenvalue weighted by atomic mass is 16.7. The van der Waals surface area contributed by atoms with E-state index in [2.05, 4.69) is 4.90 Å². The average Bonchev–Trinajstić information content (AvgIpc) is 3.22. The van der Waals surface area contributed by atoms with Crippen LogP contribution in [0.15, 0.2) is 24.3 Å². The van der Waals surface area contributed by atoms with Crippen molar-refractivity contribution in [3.8, 4) is 28.7 Å². The lowest BCUT2D eigenvalue weighted by atomic mass is 9.87. The van der Waals surface area contributed by atoms with E-state index >= 15 is 0 Å². The smallest absolute Gasteiger partial charge is 0.231 e. The third-order valence-electron chi connectivity index (χ3n) is 5.79. The third-order valence-corrected chi connectivity index (χ3v) is 5.79. The lowest BCUT2D eigenvalue weighted by Crippen LogP contribution is -2.34. The molecule has 0 saturated heterocycles. The monoisotopic (exact) mass is 397 g/mol. The first-order valence-corrected chi connectivity index (χ1v) is 9.78. The first-order valence-electron chi connectivity index (χ1n) is 9.78. The highest BCUT2D eigenvalue weighted by molar-refractivity contribution is 5.97. The third kappa shape index (κ3) is 3.06. The molecule has 3 aliphatic rings. The number of nitrogens with zero attached hydrogens (tertiary/aromatic N) is 1. The molecular weight excluding hydrogens is 374 g/mol. The van der Waals surface area contributed by atoms with E-state index in [1.165, 1.54) is 0 Å². The maximum absolute atomic E-state index is 13.2. The molecular formula is C22H23NO6. The summed E-state index contributed by atoms with van der Waals surface area (Å²) in [6.45, 7) is 2.06. The van der Waals surface area contributed by atoms with Crippen LogP contribution in [0.3, 0.4) is 0 Å². The SMILES string of the molecule is COc1c2c(cc3c1[C@@H](CC(=O)c1ccc4c(c1)OCCO4)N(C)CC3)OCO2. The van der Waals surface area contributed by atoms with Crippen molar-refractivity contribution in [2.45, 2.75) is 18.9 Å². The highest BCUT2D eigenvalue weighted by Gasteiger charge is 2.35. The topological polar surface area (TPSA) is 66.5 Å². The number of Topliss-reactive ketones (excluding diaryl/α,β-unsaturated/α-hetero) is 1. The van der Waals surface area contributed by atoms with E-state index in [1.54, 1.807) is 25.3 Å². The van der Waals surface area contributed by atoms with Crippen LogP contribution < -0.4 is 23.7 Å². The Balaban J connectivity index is 1.48. The average molecular weight is 397 g/mol. The van der Waals surface area contributed by atoms with E-state index in [9.17, 15) is 4.79 Å². The molecule has 0 saturated carbocycles. The van der Waals surface area contributed by atoms with Gasteiger partial charge in [-0.3, -0.25) is 9.69 Å². The molecule has 3 aliphatic heterocycles. The number of methoxy groups -OCH3 is 1. The van der Waals surface area contributed by atoms with E-state index in [4.69, 9.17) is 23.7 Å². The molecule has 0 bridgehead atoms. The zero-order chi connectivity index (χ0) is 20.0. The van der Waals surface area contributed by atoms with Gasteiger partial charge in [0.25, 0.3) is 0 Å². The Kier molecular flexibility index (Phi) is 4.47. The fourth-order valence-electron chi connectivity index (χ4n) is 4.29. The first-order chi connectivity index (χ1) is 14.2. The predicted molar refractivity (Wildman–Crippen MR) is 105 cm³/mol. The van der Waals surface area contributed by atoms with Crippen LogP contribution in [0.4, 0.5) is 0 Å². The molecule has 2 aromatic carbocycles. The van der Waals surface area contributed by atoms with E-state index in [0.29, 0.717) is 53.9 Å². The van der Waals surface area contributed by atoms with Gasteiger partial charge in [-0.15, -0.1) is 0 Å². The Morgan fingerprint density at radius 3 is 2.76 bits per heavy atom. The number of fused-ring (bicyclic) bond motifs is 3. The van der Waals surface area contributed by atoms with Crippen LogP contribution in [-0.4, -0.2) is 51.4 Å². The number of benzene rings is 2. The van der Waals surface area contributed by atoms with Crippen LogP contribution in [-0.2, 0) is 6.42 Å². The number of likely N-dealkylation sites (N-methyl/N-ethyl adjacent to an activating group) is 1. The predicted octanol–water partition coefficient (Wildman–Crippen LogP) is 3.00. The molecule has 0 aliphatic carbocycles. The van der Waals surface area contributed by atoms with Gasteiger partial charge in [-0.2, -0.15) is 0 Å². The lowest BCUT2D eigenvalue weighted by molar-refractivity contribution is 0.0924. The van der Waals surface area contributed by atoms with Gasteiger partial charge in [-0.1, -0.05) is 0 Å². The van der Waals surface area contributed by atoms with Crippen LogP contribution in [0.25, 0.3) is 0 Å². The van der Waals surface area contributed by atoms with Gasteiger partial charge in [0.15, 0.2) is 28.8 Å². The summed E-state index contributed by atoms with van der Waals surface area (Å²) in [4.78, 5) is 15.4. The minimum Gasteiger partial charge on any atom is -0.492 e. The molecule has 0 spiro atoms. The Labute approximate surface area is 169 Å². The molecule has 0 fully saturated rings. The molecule has 0 radical (unpaired) electrons. The molecule has 0 aromatic heterocycles. The van der Waals surface area contributed by atoms with Crippen LogP contribution >= 0.6 is 0 Å². The quantitative estimate of drug-likeness (QED) is 0.735. The van der Waals surface area contributed by atoms with E-state index < -0.39 is 0 Å². The zero-order valence-electron chi connectivity index (χ0n) is 16.5. The summed E-state index contributed by atoms with van der Waals surface area (Å²) in [5, 5.41) is 0. The van der Waals surface area contributed by atoms with E-state index in [1.807, 2.05) is 13.1 Å². The highest BCUT2D eigenvalue weighted by Crippen LogP contribution is 2.50. The number of ether oxygens (including phenoxy) is 5. The molecule has 5 rings (SSSR count). The number of carbonyl (C=O) groups excluding carboxylic acids is 1. The summed E-state index contributed by atoms with van der Waals surface area (Å²) in [6.07, 6.45) is 1.20. The molecule has 152 valence electrons. The fourth-order valence-corrected chi connectivity index (χ4v) is 4.29. The van der Waals surface area contributed by atoms with Gasteiger partial charge in [0.1, 0.15) is 13.2 Å². The normalized spacial score (nSPS) is 19.6. The second-order valence-electron chi connectivity index (χ2n) is 7.45. The Morgan fingerprint density at radius 1 is 1.10 bits per heavy atom. The molecule has 0 unspecified atom stereocenters. The zero-order valence-corrected chi connectivity index (χ0v) is 16.5. The summed E-state index contributed by atoms with van der Waals surface area (Å²) in [7, 11) is 3.67. The molecule has 7 heteroatoms. The van der Waals surface area contributed by atoms with Crippen molar-refractivity contribution in [3.63, 3.8) is 0 Å². The van der Waals surface area contributed by atoms with Crippen LogP contribution in [0, 0.1) is 0 Å². The number of rotatable bonds is 4. The summed E-state index contributed by atoms with van der Waals surface area (Å²) >= 11 is 0. The molecule has 0 amide bonds. The van der Waals surface area contributed by atoms with Crippen molar-refractivity contribution < 1.29 is 28.5 Å². The molecule has 2 aromatic rings. The number of hydrogen-bond acceptors (Lipinski definition) is 7. The van der Waals surface area contributed by atoms with Gasteiger partial charge < -0.3 is 23.7 Å². The Bertz CT molecular complexity index is 972. The minimum absolute atomic E-state index is 0.0476. The van der Waals surface area contributed by atoms with Gasteiger partial charge in [0.2, 0.25) is 12.5 Å². The second kappa shape index (κ2) is 7.15. The molecule has 0 N–H and O–H groups in total. The number of carbonyl (C=O) groups is 1. The van der Waals surface area contributed by atoms with Gasteiger partial charge >= 0.3 is 0 Å². The van der Waals surface area contributed by atoms with Gasteiger partial charge in [0, 0.05) is 30.1 Å². The van der Waals surface area contributed by atoms with Crippen LogP contribution in [0.2, 0.25) is 0 Å². The van der Waals surface area contributed by atoms with Crippen LogP contribution in [0.1, 0.15) is 33.9 Å². The lowest BCUT2D eigenvalue weighted by Gasteiger charge is -2.35. The molecule has 7 nitrogen and oxygen atoms in total. The Morgan fingerprint density at radius 2 is 1.93 bits per heavy atom. The standard InChI is InChI=1S/C22H23NO6/c1-23-6-5-14-10-19-21(29-12-28-19)22(25-2)20(14)15(23)11-16(24)13-3-4-17-18(9-13)27-8-7-26-17/h3-4,9-10,15H,5-8,11-12H2,1-2H3/t15-/m1/s1. The van der Waals surface area contributed by atoms with Crippen molar-refractivity contribution >= 4 is 5.78 Å². The van der Waals surface area contributed by atoms with Gasteiger partial charge in [-0.05, 0) is 43.3 Å². The van der Waals surface area contributed by atoms with E-state index in [0.717, 1.165) is 24.1 Å². The largest absolute Gasteiger partial charge is 0.492 e. The number of ketones is 1. The molecule has 29 heavy (non-hydrogen) atoms. The fraction of sp³-hybridized carbons (Fsp3) is 0.409.